The van der Waals surface area contributed by atoms with Crippen molar-refractivity contribution in [1.82, 2.24) is 0 Å². The van der Waals surface area contributed by atoms with Crippen molar-refractivity contribution in [3.63, 3.8) is 0 Å². The third-order valence-electron chi connectivity index (χ3n) is 8.10. The van der Waals surface area contributed by atoms with Gasteiger partial charge < -0.3 is 78.4 Å². The van der Waals surface area contributed by atoms with Crippen LogP contribution in [0.25, 0.3) is 22.3 Å². The molecule has 2 fully saturated rings. The van der Waals surface area contributed by atoms with Crippen LogP contribution in [-0.4, -0.2) is 135 Å². The monoisotopic (exact) mass is 724 g/mol. The summed E-state index contributed by atoms with van der Waals surface area (Å²) in [5.74, 6) is -4.17. The van der Waals surface area contributed by atoms with Crippen molar-refractivity contribution in [1.29, 1.82) is 0 Å². The van der Waals surface area contributed by atoms with E-state index < -0.39 is 115 Å². The first-order chi connectivity index (χ1) is 24.1. The van der Waals surface area contributed by atoms with Crippen LogP contribution in [0.15, 0.2) is 39.5 Å². The molecule has 0 bridgehead atoms. The van der Waals surface area contributed by atoms with Gasteiger partial charge in [0, 0.05) is 31.5 Å². The van der Waals surface area contributed by atoms with Crippen LogP contribution in [0.4, 0.5) is 0 Å². The summed E-state index contributed by atoms with van der Waals surface area (Å²) in [5.41, 5.74) is -1.26. The maximum atomic E-state index is 13.9. The number of carbonyl (C=O) groups is 2. The average molecular weight is 725 g/mol. The number of hydrogen-bond acceptors (Lipinski definition) is 19. The Balaban J connectivity index is 1.52. The number of aromatic hydroxyl groups is 3. The fraction of sp³-hybridized carbons (Fsp3) is 0.469. The molecule has 2 aliphatic rings. The number of esters is 2. The molecule has 2 saturated heterocycles. The molecule has 278 valence electrons. The van der Waals surface area contributed by atoms with Crippen molar-refractivity contribution in [2.24, 2.45) is 0 Å². The van der Waals surface area contributed by atoms with Crippen molar-refractivity contribution in [3.05, 3.63) is 40.6 Å². The maximum Gasteiger partial charge on any atom is 0.303 e. The van der Waals surface area contributed by atoms with Crippen LogP contribution in [0.1, 0.15) is 13.8 Å². The summed E-state index contributed by atoms with van der Waals surface area (Å²) in [7, 11) is 1.26. The first-order valence-corrected chi connectivity index (χ1v) is 15.3. The number of hydrogen-bond donors (Lipinski definition) is 8. The van der Waals surface area contributed by atoms with Crippen LogP contribution in [0.3, 0.4) is 0 Å². The van der Waals surface area contributed by atoms with Crippen LogP contribution in [-0.2, 0) is 33.3 Å². The molecule has 0 aliphatic carbocycles. The molecule has 5 rings (SSSR count). The quantitative estimate of drug-likeness (QED) is 0.113. The highest BCUT2D eigenvalue weighted by molar-refractivity contribution is 5.88. The van der Waals surface area contributed by atoms with Crippen molar-refractivity contribution < 1.29 is 88.0 Å². The number of ether oxygens (including phenoxy) is 7. The molecule has 10 atom stereocenters. The molecule has 0 saturated carbocycles. The van der Waals surface area contributed by atoms with Gasteiger partial charge in [-0.1, -0.05) is 0 Å². The van der Waals surface area contributed by atoms with Gasteiger partial charge in [-0.15, -0.1) is 0 Å². The molecule has 3 aromatic rings. The van der Waals surface area contributed by atoms with E-state index >= 15 is 0 Å². The summed E-state index contributed by atoms with van der Waals surface area (Å²) in [6, 6.07) is 5.69. The van der Waals surface area contributed by atoms with Crippen molar-refractivity contribution in [2.45, 2.75) is 75.3 Å². The number of aliphatic hydroxyl groups is 5. The number of phenolic OH excluding ortho intramolecular Hbond substituents is 3. The van der Waals surface area contributed by atoms with Crippen LogP contribution < -0.4 is 14.9 Å². The molecule has 0 radical (unpaired) electrons. The van der Waals surface area contributed by atoms with Gasteiger partial charge in [0.25, 0.3) is 0 Å². The number of phenols is 3. The molecule has 2 aliphatic heterocycles. The van der Waals surface area contributed by atoms with Crippen molar-refractivity contribution in [3.8, 4) is 40.1 Å². The number of rotatable bonds is 10. The van der Waals surface area contributed by atoms with Gasteiger partial charge in [0.05, 0.1) is 13.7 Å². The molecule has 2 aromatic carbocycles. The first kappa shape index (κ1) is 37.5. The first-order valence-electron chi connectivity index (χ1n) is 15.3. The molecule has 19 heteroatoms. The third kappa shape index (κ3) is 7.65. The van der Waals surface area contributed by atoms with Gasteiger partial charge in [-0.05, 0) is 18.2 Å². The Labute approximate surface area is 287 Å². The van der Waals surface area contributed by atoms with E-state index in [-0.39, 0.29) is 28.4 Å². The minimum absolute atomic E-state index is 0.0537. The van der Waals surface area contributed by atoms with E-state index in [0.29, 0.717) is 0 Å². The highest BCUT2D eigenvalue weighted by Gasteiger charge is 2.53. The van der Waals surface area contributed by atoms with Crippen LogP contribution in [0.2, 0.25) is 0 Å². The Hall–Kier alpha value is -4.73. The molecule has 8 N–H and O–H groups in total. The zero-order chi connectivity index (χ0) is 37.3. The van der Waals surface area contributed by atoms with Crippen molar-refractivity contribution in [2.75, 3.05) is 20.3 Å². The fourth-order valence-electron chi connectivity index (χ4n) is 5.66. The molecule has 1 aromatic heterocycles. The lowest BCUT2D eigenvalue weighted by atomic mass is 9.96. The second-order valence-corrected chi connectivity index (χ2v) is 11.6. The van der Waals surface area contributed by atoms with Gasteiger partial charge in [-0.25, -0.2) is 0 Å². The molecule has 19 nitrogen and oxygen atoms in total. The Bertz CT molecular complexity index is 1810. The highest BCUT2D eigenvalue weighted by Crippen LogP contribution is 2.40. The van der Waals surface area contributed by atoms with Gasteiger partial charge in [-0.3, -0.25) is 14.4 Å². The smallest absolute Gasteiger partial charge is 0.303 e. The van der Waals surface area contributed by atoms with Gasteiger partial charge >= 0.3 is 11.9 Å². The number of carbonyl (C=O) groups excluding carboxylic acids is 2. The Morgan fingerprint density at radius 2 is 1.53 bits per heavy atom. The standard InChI is InChI=1S/C32H36O19/c1-11(34)45-10-20-28(46-12(2)35)24(41)25(42)31(49-20)50-29-22(39)19(9-33)48-32(26(29)43)51-30-23(40)21-16(38)7-14(36)8-18(21)47-27(30)13-4-5-15(37)17(6-13)44-3/h4-8,19-20,22,24-26,28-29,31-33,36-39,41-43H,9-10H2,1-3H3. The predicted octanol–water partition coefficient (Wildman–Crippen LogP) is -1.27. The summed E-state index contributed by atoms with van der Waals surface area (Å²) < 4.78 is 43.8. The topological polar surface area (TPSA) is 291 Å². The lowest BCUT2D eigenvalue weighted by molar-refractivity contribution is -0.353. The zero-order valence-electron chi connectivity index (χ0n) is 27.1. The summed E-state index contributed by atoms with van der Waals surface area (Å²) >= 11 is 0. The summed E-state index contributed by atoms with van der Waals surface area (Å²) in [6.45, 7) is 0.632. The third-order valence-corrected chi connectivity index (χ3v) is 8.10. The second-order valence-electron chi connectivity index (χ2n) is 11.6. The second kappa shape index (κ2) is 15.3. The van der Waals surface area contributed by atoms with E-state index in [1.165, 1.54) is 25.3 Å². The van der Waals surface area contributed by atoms with Crippen LogP contribution in [0, 0.1) is 0 Å². The molecule has 10 unspecified atom stereocenters. The summed E-state index contributed by atoms with van der Waals surface area (Å²) in [4.78, 5) is 37.0. The lowest BCUT2D eigenvalue weighted by Gasteiger charge is -2.46. The fourth-order valence-corrected chi connectivity index (χ4v) is 5.66. The minimum atomic E-state index is -2.07. The zero-order valence-corrected chi connectivity index (χ0v) is 27.1. The van der Waals surface area contributed by atoms with E-state index in [1.807, 2.05) is 0 Å². The van der Waals surface area contributed by atoms with E-state index in [1.54, 1.807) is 0 Å². The molecule has 51 heavy (non-hydrogen) atoms. The van der Waals surface area contributed by atoms with E-state index in [0.717, 1.165) is 26.0 Å². The summed E-state index contributed by atoms with van der Waals surface area (Å²) in [6.07, 6.45) is -18.0. The van der Waals surface area contributed by atoms with Crippen LogP contribution >= 0.6 is 0 Å². The van der Waals surface area contributed by atoms with Crippen LogP contribution in [0.5, 0.6) is 28.7 Å². The lowest BCUT2D eigenvalue weighted by Crippen LogP contribution is -2.65. The average Bonchev–Trinajstić information content (AvgIpc) is 3.07. The van der Waals surface area contributed by atoms with Gasteiger partial charge in [0.15, 0.2) is 29.7 Å². The molecule has 0 amide bonds. The van der Waals surface area contributed by atoms with Gasteiger partial charge in [0.1, 0.15) is 71.8 Å². The molecule has 0 spiro atoms. The maximum absolute atomic E-state index is 13.9. The SMILES string of the molecule is COc1cc(-c2oc3cc(O)cc(O)c3c(=O)c2OC2OC(CO)C(O)C(OC3OC(COC(C)=O)C(OC(C)=O)C(O)C3O)C2O)ccc1O. The minimum Gasteiger partial charge on any atom is -0.508 e. The van der Waals surface area contributed by atoms with E-state index in [4.69, 9.17) is 37.6 Å². The molecular formula is C32H36O19. The Morgan fingerprint density at radius 1 is 0.824 bits per heavy atom. The number of benzene rings is 2. The van der Waals surface area contributed by atoms with Gasteiger partial charge in [-0.2, -0.15) is 0 Å². The normalized spacial score (nSPS) is 29.3. The number of methoxy groups -OCH3 is 1. The highest BCUT2D eigenvalue weighted by atomic mass is 16.7. The molecule has 3 heterocycles. The molecular weight excluding hydrogens is 688 g/mol. The summed E-state index contributed by atoms with van der Waals surface area (Å²) in [5, 5.41) is 84.4. The van der Waals surface area contributed by atoms with Gasteiger partial charge in [0.2, 0.25) is 17.5 Å². The predicted molar refractivity (Wildman–Crippen MR) is 166 cm³/mol. The number of aliphatic hydroxyl groups excluding tert-OH is 5. The van der Waals surface area contributed by atoms with E-state index in [2.05, 4.69) is 0 Å². The van der Waals surface area contributed by atoms with Crippen molar-refractivity contribution >= 4 is 22.9 Å². The number of fused-ring (bicyclic) bond motifs is 1. The largest absolute Gasteiger partial charge is 0.508 e. The Morgan fingerprint density at radius 3 is 2.18 bits per heavy atom. The van der Waals surface area contributed by atoms with E-state index in [9.17, 15) is 55.2 Å². The Kier molecular flexibility index (Phi) is 11.2.